The summed E-state index contributed by atoms with van der Waals surface area (Å²) in [4.78, 5) is 39.1. The highest BCUT2D eigenvalue weighted by Gasteiger charge is 2.22. The second-order valence-corrected chi connectivity index (χ2v) is 6.95. The van der Waals surface area contributed by atoms with Gasteiger partial charge in [-0.05, 0) is 31.2 Å². The van der Waals surface area contributed by atoms with Gasteiger partial charge in [0, 0.05) is 49.8 Å². The molecule has 0 aromatic heterocycles. The highest BCUT2D eigenvalue weighted by Crippen LogP contribution is 2.28. The SMILES string of the molecule is CCC(=O)N1CCN(c2ccccc2NC(=O)c2ccc([N+](=O)[O-])c(C)c2)CC1. The minimum absolute atomic E-state index is 0.0125. The summed E-state index contributed by atoms with van der Waals surface area (Å²) >= 11 is 0. The molecule has 8 heteroatoms. The zero-order valence-corrected chi connectivity index (χ0v) is 16.6. The van der Waals surface area contributed by atoms with Gasteiger partial charge in [0.25, 0.3) is 11.6 Å². The summed E-state index contributed by atoms with van der Waals surface area (Å²) in [7, 11) is 0. The van der Waals surface area contributed by atoms with E-state index in [-0.39, 0.29) is 17.5 Å². The summed E-state index contributed by atoms with van der Waals surface area (Å²) in [5.74, 6) is -0.171. The number of nitro benzene ring substituents is 1. The van der Waals surface area contributed by atoms with Crippen LogP contribution in [0.2, 0.25) is 0 Å². The molecule has 1 saturated heterocycles. The Morgan fingerprint density at radius 3 is 2.41 bits per heavy atom. The van der Waals surface area contributed by atoms with Crippen molar-refractivity contribution in [2.75, 3.05) is 36.4 Å². The molecule has 152 valence electrons. The normalized spacial score (nSPS) is 13.9. The van der Waals surface area contributed by atoms with Gasteiger partial charge in [0.05, 0.1) is 16.3 Å². The van der Waals surface area contributed by atoms with E-state index in [9.17, 15) is 19.7 Å². The molecule has 8 nitrogen and oxygen atoms in total. The second kappa shape index (κ2) is 8.72. The minimum atomic E-state index is -0.463. The molecule has 0 atom stereocenters. The molecule has 3 rings (SSSR count). The summed E-state index contributed by atoms with van der Waals surface area (Å²) in [5.41, 5.74) is 2.35. The average molecular weight is 396 g/mol. The van der Waals surface area contributed by atoms with Crippen LogP contribution in [0.3, 0.4) is 0 Å². The summed E-state index contributed by atoms with van der Waals surface area (Å²) in [6.07, 6.45) is 0.501. The molecule has 1 N–H and O–H groups in total. The van der Waals surface area contributed by atoms with Gasteiger partial charge in [-0.25, -0.2) is 0 Å². The van der Waals surface area contributed by atoms with Crippen LogP contribution in [-0.2, 0) is 4.79 Å². The number of aryl methyl sites for hydroxylation is 1. The lowest BCUT2D eigenvalue weighted by molar-refractivity contribution is -0.385. The van der Waals surface area contributed by atoms with Crippen LogP contribution < -0.4 is 10.2 Å². The molecule has 0 unspecified atom stereocenters. The van der Waals surface area contributed by atoms with Crippen molar-refractivity contribution >= 4 is 28.9 Å². The third-order valence-corrected chi connectivity index (χ3v) is 5.08. The van der Waals surface area contributed by atoms with Crippen LogP contribution in [0.15, 0.2) is 42.5 Å². The lowest BCUT2D eigenvalue weighted by Gasteiger charge is -2.36. The van der Waals surface area contributed by atoms with Gasteiger partial charge < -0.3 is 15.1 Å². The number of nitrogens with one attached hydrogen (secondary N) is 1. The van der Waals surface area contributed by atoms with Crippen LogP contribution in [0, 0.1) is 17.0 Å². The predicted octanol–water partition coefficient (Wildman–Crippen LogP) is 3.21. The standard InChI is InChI=1S/C21H24N4O4/c1-3-20(26)24-12-10-23(11-13-24)19-7-5-4-6-17(19)22-21(27)16-8-9-18(25(28)29)15(2)14-16/h4-9,14H,3,10-13H2,1-2H3,(H,22,27). The number of anilines is 2. The van der Waals surface area contributed by atoms with Gasteiger partial charge in [-0.2, -0.15) is 0 Å². The predicted molar refractivity (Wildman–Crippen MR) is 111 cm³/mol. The summed E-state index contributed by atoms with van der Waals surface area (Å²) in [5, 5.41) is 13.9. The maximum absolute atomic E-state index is 12.7. The molecule has 0 aliphatic carbocycles. The first-order chi connectivity index (χ1) is 13.9. The first-order valence-electron chi connectivity index (χ1n) is 9.59. The number of hydrogen-bond donors (Lipinski definition) is 1. The lowest BCUT2D eigenvalue weighted by Crippen LogP contribution is -2.48. The Morgan fingerprint density at radius 2 is 1.79 bits per heavy atom. The van der Waals surface area contributed by atoms with Crippen LogP contribution in [0.4, 0.5) is 17.1 Å². The van der Waals surface area contributed by atoms with Crippen molar-refractivity contribution in [2.24, 2.45) is 0 Å². The van der Waals surface area contributed by atoms with E-state index in [4.69, 9.17) is 0 Å². The maximum Gasteiger partial charge on any atom is 0.272 e. The fourth-order valence-corrected chi connectivity index (χ4v) is 3.47. The van der Waals surface area contributed by atoms with E-state index in [1.165, 1.54) is 18.2 Å². The molecule has 1 aliphatic heterocycles. The summed E-state index contributed by atoms with van der Waals surface area (Å²) in [6.45, 7) is 6.15. The number of para-hydroxylation sites is 2. The highest BCUT2D eigenvalue weighted by molar-refractivity contribution is 6.06. The van der Waals surface area contributed by atoms with Crippen LogP contribution in [0.5, 0.6) is 0 Å². The molecule has 2 aromatic carbocycles. The van der Waals surface area contributed by atoms with E-state index in [0.29, 0.717) is 49.4 Å². The largest absolute Gasteiger partial charge is 0.366 e. The Labute approximate surface area is 169 Å². The zero-order valence-electron chi connectivity index (χ0n) is 16.6. The van der Waals surface area contributed by atoms with Crippen molar-refractivity contribution in [1.82, 2.24) is 4.90 Å². The Kier molecular flexibility index (Phi) is 6.11. The highest BCUT2D eigenvalue weighted by atomic mass is 16.6. The summed E-state index contributed by atoms with van der Waals surface area (Å²) < 4.78 is 0. The van der Waals surface area contributed by atoms with Crippen molar-refractivity contribution in [1.29, 1.82) is 0 Å². The Bertz CT molecular complexity index is 936. The molecule has 1 heterocycles. The number of amides is 2. The van der Waals surface area contributed by atoms with E-state index in [1.54, 1.807) is 6.92 Å². The minimum Gasteiger partial charge on any atom is -0.366 e. The van der Waals surface area contributed by atoms with Gasteiger partial charge in [0.1, 0.15) is 0 Å². The van der Waals surface area contributed by atoms with Crippen molar-refractivity contribution in [2.45, 2.75) is 20.3 Å². The Morgan fingerprint density at radius 1 is 1.10 bits per heavy atom. The molecular formula is C21H24N4O4. The molecule has 2 amide bonds. The summed E-state index contributed by atoms with van der Waals surface area (Å²) in [6, 6.07) is 11.8. The molecule has 0 bridgehead atoms. The zero-order chi connectivity index (χ0) is 21.0. The number of carbonyl (C=O) groups is 2. The smallest absolute Gasteiger partial charge is 0.272 e. The number of nitrogens with zero attached hydrogens (tertiary/aromatic N) is 3. The lowest BCUT2D eigenvalue weighted by atomic mass is 10.1. The van der Waals surface area contributed by atoms with Crippen molar-refractivity contribution in [3.8, 4) is 0 Å². The van der Waals surface area contributed by atoms with Gasteiger partial charge in [-0.15, -0.1) is 0 Å². The average Bonchev–Trinajstić information content (AvgIpc) is 2.73. The topological polar surface area (TPSA) is 95.8 Å². The molecular weight excluding hydrogens is 372 g/mol. The number of hydrogen-bond acceptors (Lipinski definition) is 5. The van der Waals surface area contributed by atoms with E-state index in [2.05, 4.69) is 10.2 Å². The van der Waals surface area contributed by atoms with Gasteiger partial charge in [-0.1, -0.05) is 19.1 Å². The fourth-order valence-electron chi connectivity index (χ4n) is 3.47. The van der Waals surface area contributed by atoms with Crippen LogP contribution in [-0.4, -0.2) is 47.8 Å². The first-order valence-corrected chi connectivity index (χ1v) is 9.59. The second-order valence-electron chi connectivity index (χ2n) is 6.95. The Hall–Kier alpha value is -3.42. The van der Waals surface area contributed by atoms with Crippen molar-refractivity contribution < 1.29 is 14.5 Å². The molecule has 2 aromatic rings. The van der Waals surface area contributed by atoms with Crippen molar-refractivity contribution in [3.05, 3.63) is 63.7 Å². The van der Waals surface area contributed by atoms with E-state index in [1.807, 2.05) is 36.1 Å². The van der Waals surface area contributed by atoms with Gasteiger partial charge in [0.15, 0.2) is 0 Å². The monoisotopic (exact) mass is 396 g/mol. The fraction of sp³-hybridized carbons (Fsp3) is 0.333. The number of carbonyl (C=O) groups excluding carboxylic acids is 2. The quantitative estimate of drug-likeness (QED) is 0.618. The maximum atomic E-state index is 12.7. The van der Waals surface area contributed by atoms with Gasteiger partial charge in [0.2, 0.25) is 5.91 Å². The molecule has 0 radical (unpaired) electrons. The van der Waals surface area contributed by atoms with Gasteiger partial charge >= 0.3 is 0 Å². The first kappa shape index (κ1) is 20.3. The number of piperazine rings is 1. The van der Waals surface area contributed by atoms with Crippen LogP contribution in [0.1, 0.15) is 29.3 Å². The molecule has 0 saturated carbocycles. The van der Waals surface area contributed by atoms with E-state index in [0.717, 1.165) is 5.69 Å². The third-order valence-electron chi connectivity index (χ3n) is 5.08. The Balaban J connectivity index is 1.74. The number of nitro groups is 1. The molecule has 1 aliphatic rings. The molecule has 1 fully saturated rings. The third kappa shape index (κ3) is 4.53. The molecule has 0 spiro atoms. The van der Waals surface area contributed by atoms with Gasteiger partial charge in [-0.3, -0.25) is 19.7 Å². The number of benzene rings is 2. The van der Waals surface area contributed by atoms with Crippen molar-refractivity contribution in [3.63, 3.8) is 0 Å². The van der Waals surface area contributed by atoms with Crippen LogP contribution >= 0.6 is 0 Å². The number of rotatable bonds is 5. The molecule has 29 heavy (non-hydrogen) atoms. The van der Waals surface area contributed by atoms with E-state index < -0.39 is 4.92 Å². The van der Waals surface area contributed by atoms with Crippen LogP contribution in [0.25, 0.3) is 0 Å². The van der Waals surface area contributed by atoms with E-state index >= 15 is 0 Å².